The molecule has 1 aliphatic carbocycles. The predicted octanol–water partition coefficient (Wildman–Crippen LogP) is 3.96. The van der Waals surface area contributed by atoms with Crippen molar-refractivity contribution in [3.8, 4) is 10.8 Å². The fourth-order valence-electron chi connectivity index (χ4n) is 1.88. The van der Waals surface area contributed by atoms with E-state index in [1.165, 1.54) is 11.3 Å². The van der Waals surface area contributed by atoms with E-state index in [-0.39, 0.29) is 5.89 Å². The Morgan fingerprint density at radius 1 is 1.45 bits per heavy atom. The van der Waals surface area contributed by atoms with Crippen molar-refractivity contribution in [2.45, 2.75) is 37.8 Å². The van der Waals surface area contributed by atoms with Crippen LogP contribution in [0.3, 0.4) is 0 Å². The minimum atomic E-state index is -4.35. The first-order valence-corrected chi connectivity index (χ1v) is 7.58. The van der Waals surface area contributed by atoms with Gasteiger partial charge in [0.1, 0.15) is 4.88 Å². The molecule has 0 aromatic carbocycles. The Morgan fingerprint density at radius 3 is 2.91 bits per heavy atom. The third-order valence-corrected chi connectivity index (χ3v) is 4.06. The zero-order valence-corrected chi connectivity index (χ0v) is 12.1. The van der Waals surface area contributed by atoms with Crippen LogP contribution in [0.1, 0.15) is 37.4 Å². The lowest BCUT2D eigenvalue weighted by Crippen LogP contribution is -2.16. The molecule has 1 saturated carbocycles. The second-order valence-electron chi connectivity index (χ2n) is 5.06. The van der Waals surface area contributed by atoms with Crippen LogP contribution in [-0.2, 0) is 4.79 Å². The number of hydrogen-bond donors (Lipinski definition) is 1. The van der Waals surface area contributed by atoms with Crippen LogP contribution in [0.2, 0.25) is 0 Å². The van der Waals surface area contributed by atoms with E-state index in [0.29, 0.717) is 22.3 Å². The molecule has 0 spiro atoms. The molecule has 9 heteroatoms. The fourth-order valence-corrected chi connectivity index (χ4v) is 2.65. The van der Waals surface area contributed by atoms with Gasteiger partial charge in [-0.25, -0.2) is 0 Å². The molecule has 0 bridgehead atoms. The number of hydrogen-bond acceptors (Lipinski definition) is 5. The van der Waals surface area contributed by atoms with Gasteiger partial charge in [0.2, 0.25) is 5.91 Å². The van der Waals surface area contributed by atoms with Crippen molar-refractivity contribution in [2.75, 3.05) is 5.32 Å². The van der Waals surface area contributed by atoms with Crippen molar-refractivity contribution >= 4 is 22.9 Å². The maximum absolute atomic E-state index is 12.1. The fraction of sp³-hybridized carbons (Fsp3) is 0.462. The second-order valence-corrected chi connectivity index (χ2v) is 5.97. The van der Waals surface area contributed by atoms with Gasteiger partial charge in [0.05, 0.1) is 12.1 Å². The molecule has 0 unspecified atom stereocenters. The Hall–Kier alpha value is -1.90. The number of carbonyl (C=O) groups is 1. The number of rotatable bonds is 5. The highest BCUT2D eigenvalue weighted by molar-refractivity contribution is 7.14. The van der Waals surface area contributed by atoms with Crippen LogP contribution in [0.25, 0.3) is 10.8 Å². The highest BCUT2D eigenvalue weighted by Gasteiger charge is 2.30. The first-order chi connectivity index (χ1) is 10.4. The molecule has 118 valence electrons. The standard InChI is InChI=1S/C13H12F3N3O2S/c14-13(15,16)5-3-9(20)17-8-4-6-22-10(8)12-18-11(19-21-12)7-1-2-7/h4,6-7H,1-3,5H2,(H,17,20). The van der Waals surface area contributed by atoms with E-state index in [1.807, 2.05) is 0 Å². The molecule has 1 amide bonds. The number of alkyl halides is 3. The van der Waals surface area contributed by atoms with Crippen LogP contribution in [0.5, 0.6) is 0 Å². The number of halogens is 3. The van der Waals surface area contributed by atoms with Crippen LogP contribution in [0.4, 0.5) is 18.9 Å². The molecular weight excluding hydrogens is 319 g/mol. The van der Waals surface area contributed by atoms with Gasteiger partial charge >= 0.3 is 6.18 Å². The number of nitrogens with zero attached hydrogens (tertiary/aromatic N) is 2. The Morgan fingerprint density at radius 2 is 2.23 bits per heavy atom. The lowest BCUT2D eigenvalue weighted by atomic mass is 10.2. The highest BCUT2D eigenvalue weighted by atomic mass is 32.1. The van der Waals surface area contributed by atoms with Gasteiger partial charge in [-0.1, -0.05) is 5.16 Å². The molecule has 2 aromatic heterocycles. The summed E-state index contributed by atoms with van der Waals surface area (Å²) in [5.41, 5.74) is 0.392. The van der Waals surface area contributed by atoms with Gasteiger partial charge in [-0.2, -0.15) is 18.2 Å². The van der Waals surface area contributed by atoms with Gasteiger partial charge in [-0.15, -0.1) is 11.3 Å². The summed E-state index contributed by atoms with van der Waals surface area (Å²) in [5, 5.41) is 8.05. The SMILES string of the molecule is O=C(CCC(F)(F)F)Nc1ccsc1-c1nc(C2CC2)no1. The van der Waals surface area contributed by atoms with Gasteiger partial charge < -0.3 is 9.84 Å². The molecule has 1 fully saturated rings. The lowest BCUT2D eigenvalue weighted by Gasteiger charge is -2.07. The Bertz CT molecular complexity index is 676. The molecule has 3 rings (SSSR count). The van der Waals surface area contributed by atoms with Crippen LogP contribution in [0.15, 0.2) is 16.0 Å². The van der Waals surface area contributed by atoms with E-state index in [1.54, 1.807) is 11.4 Å². The van der Waals surface area contributed by atoms with E-state index in [4.69, 9.17) is 4.52 Å². The summed E-state index contributed by atoms with van der Waals surface area (Å²) in [6, 6.07) is 1.60. The van der Waals surface area contributed by atoms with Gasteiger partial charge in [0.15, 0.2) is 5.82 Å². The van der Waals surface area contributed by atoms with Crippen molar-refractivity contribution in [1.29, 1.82) is 0 Å². The van der Waals surface area contributed by atoms with Gasteiger partial charge in [-0.3, -0.25) is 4.79 Å². The topological polar surface area (TPSA) is 68.0 Å². The quantitative estimate of drug-likeness (QED) is 0.900. The molecule has 1 N–H and O–H groups in total. The number of amides is 1. The van der Waals surface area contributed by atoms with Gasteiger partial charge in [0.25, 0.3) is 5.89 Å². The summed E-state index contributed by atoms with van der Waals surface area (Å²) in [7, 11) is 0. The maximum atomic E-state index is 12.1. The number of anilines is 1. The van der Waals surface area contributed by atoms with E-state index >= 15 is 0 Å². The molecule has 0 radical (unpaired) electrons. The number of nitrogens with one attached hydrogen (secondary N) is 1. The van der Waals surface area contributed by atoms with Crippen LogP contribution in [0, 0.1) is 0 Å². The van der Waals surface area contributed by atoms with Crippen molar-refractivity contribution in [2.24, 2.45) is 0 Å². The maximum Gasteiger partial charge on any atom is 0.389 e. The van der Waals surface area contributed by atoms with Gasteiger partial charge in [-0.05, 0) is 24.3 Å². The third-order valence-electron chi connectivity index (χ3n) is 3.15. The molecule has 5 nitrogen and oxygen atoms in total. The van der Waals surface area contributed by atoms with E-state index < -0.39 is 24.9 Å². The zero-order valence-electron chi connectivity index (χ0n) is 11.3. The average Bonchev–Trinajstić information content (AvgIpc) is 2.99. The van der Waals surface area contributed by atoms with Crippen LogP contribution >= 0.6 is 11.3 Å². The summed E-state index contributed by atoms with van der Waals surface area (Å²) >= 11 is 1.28. The number of thiophene rings is 1. The van der Waals surface area contributed by atoms with Crippen LogP contribution in [-0.4, -0.2) is 22.2 Å². The number of carbonyl (C=O) groups excluding carboxylic acids is 1. The molecule has 0 saturated heterocycles. The predicted molar refractivity (Wildman–Crippen MR) is 73.5 cm³/mol. The second kappa shape index (κ2) is 5.71. The summed E-state index contributed by atoms with van der Waals surface area (Å²) in [5.74, 6) is 0.557. The minimum Gasteiger partial charge on any atom is -0.333 e. The van der Waals surface area contributed by atoms with Crippen molar-refractivity contribution in [1.82, 2.24) is 10.1 Å². The highest BCUT2D eigenvalue weighted by Crippen LogP contribution is 2.40. The molecule has 2 heterocycles. The van der Waals surface area contributed by atoms with Crippen molar-refractivity contribution < 1.29 is 22.5 Å². The smallest absolute Gasteiger partial charge is 0.333 e. The largest absolute Gasteiger partial charge is 0.389 e. The third kappa shape index (κ3) is 3.65. The first-order valence-electron chi connectivity index (χ1n) is 6.70. The van der Waals surface area contributed by atoms with Crippen LogP contribution < -0.4 is 5.32 Å². The minimum absolute atomic E-state index is 0.281. The summed E-state index contributed by atoms with van der Waals surface area (Å²) in [4.78, 5) is 16.4. The molecule has 0 aliphatic heterocycles. The number of aromatic nitrogens is 2. The molecular formula is C13H12F3N3O2S. The summed E-state index contributed by atoms with van der Waals surface area (Å²) < 4.78 is 41.5. The lowest BCUT2D eigenvalue weighted by molar-refractivity contribution is -0.142. The molecule has 2 aromatic rings. The summed E-state index contributed by atoms with van der Waals surface area (Å²) in [6.07, 6.45) is -4.05. The average molecular weight is 331 g/mol. The Labute approximate surface area is 127 Å². The monoisotopic (exact) mass is 331 g/mol. The van der Waals surface area contributed by atoms with E-state index in [0.717, 1.165) is 12.8 Å². The Balaban J connectivity index is 1.67. The first kappa shape index (κ1) is 15.0. The Kier molecular flexibility index (Phi) is 3.90. The van der Waals surface area contributed by atoms with E-state index in [2.05, 4.69) is 15.5 Å². The molecule has 22 heavy (non-hydrogen) atoms. The molecule has 0 atom stereocenters. The molecule has 1 aliphatic rings. The van der Waals surface area contributed by atoms with E-state index in [9.17, 15) is 18.0 Å². The van der Waals surface area contributed by atoms with Gasteiger partial charge in [0, 0.05) is 12.3 Å². The van der Waals surface area contributed by atoms with Crippen molar-refractivity contribution in [3.05, 3.63) is 17.3 Å². The summed E-state index contributed by atoms with van der Waals surface area (Å²) in [6.45, 7) is 0. The van der Waals surface area contributed by atoms with Crippen molar-refractivity contribution in [3.63, 3.8) is 0 Å². The normalized spacial score (nSPS) is 15.0. The zero-order chi connectivity index (χ0) is 15.7.